The zero-order valence-corrected chi connectivity index (χ0v) is 22.8. The zero-order valence-electron chi connectivity index (χ0n) is 22.8. The molecule has 188 valence electrons. The maximum absolute atomic E-state index is 13.8. The summed E-state index contributed by atoms with van der Waals surface area (Å²) in [6.45, 7) is 18.6. The minimum Gasteiger partial charge on any atom is -0.483 e. The average molecular weight is 475 g/mol. The van der Waals surface area contributed by atoms with Crippen LogP contribution >= 0.6 is 0 Å². The third-order valence-corrected chi connectivity index (χ3v) is 6.09. The van der Waals surface area contributed by atoms with Gasteiger partial charge in [0.15, 0.2) is 5.75 Å². The van der Waals surface area contributed by atoms with Crippen molar-refractivity contribution in [3.8, 4) is 17.0 Å². The van der Waals surface area contributed by atoms with Crippen LogP contribution in [0.5, 0.6) is 5.75 Å². The van der Waals surface area contributed by atoms with Crippen molar-refractivity contribution in [1.82, 2.24) is 9.55 Å². The Balaban J connectivity index is 2.19. The molecule has 0 aliphatic heterocycles. The van der Waals surface area contributed by atoms with Crippen LogP contribution in [0.2, 0.25) is 0 Å². The Morgan fingerprint density at radius 1 is 0.971 bits per heavy atom. The molecule has 0 aliphatic rings. The fourth-order valence-corrected chi connectivity index (χ4v) is 4.12. The van der Waals surface area contributed by atoms with Crippen LogP contribution < -0.4 is 10.3 Å². The smallest absolute Gasteiger partial charge is 0.293 e. The van der Waals surface area contributed by atoms with Gasteiger partial charge in [-0.25, -0.2) is 0 Å². The SMILES string of the molecule is CC(C)Cc1cc(OCc2ccccc2)c(=O)n(CCC(C)(C)C)c1-c1ccnc(C(C)(C)C)c1. The van der Waals surface area contributed by atoms with Gasteiger partial charge in [0.05, 0.1) is 5.69 Å². The molecule has 2 aromatic heterocycles. The highest BCUT2D eigenvalue weighted by Crippen LogP contribution is 2.32. The quantitative estimate of drug-likeness (QED) is 0.341. The Morgan fingerprint density at radius 2 is 1.66 bits per heavy atom. The van der Waals surface area contributed by atoms with Crippen LogP contribution in [-0.2, 0) is 25.0 Å². The van der Waals surface area contributed by atoms with Crippen molar-refractivity contribution in [1.29, 1.82) is 0 Å². The van der Waals surface area contributed by atoms with Gasteiger partial charge in [-0.05, 0) is 53.5 Å². The Bertz CT molecular complexity index is 1180. The van der Waals surface area contributed by atoms with Crippen molar-refractivity contribution < 1.29 is 4.74 Å². The van der Waals surface area contributed by atoms with E-state index in [-0.39, 0.29) is 16.4 Å². The second-order valence-corrected chi connectivity index (χ2v) is 12.2. The van der Waals surface area contributed by atoms with Crippen molar-refractivity contribution in [3.63, 3.8) is 0 Å². The van der Waals surface area contributed by atoms with Crippen LogP contribution in [0.4, 0.5) is 0 Å². The molecular formula is C31H42N2O2. The van der Waals surface area contributed by atoms with E-state index in [2.05, 4.69) is 66.4 Å². The predicted octanol–water partition coefficient (Wildman–Crippen LogP) is 7.42. The molecule has 0 unspecified atom stereocenters. The molecule has 0 atom stereocenters. The van der Waals surface area contributed by atoms with E-state index >= 15 is 0 Å². The van der Waals surface area contributed by atoms with Crippen molar-refractivity contribution in [2.24, 2.45) is 11.3 Å². The summed E-state index contributed by atoms with van der Waals surface area (Å²) < 4.78 is 8.09. The third-order valence-electron chi connectivity index (χ3n) is 6.09. The summed E-state index contributed by atoms with van der Waals surface area (Å²) >= 11 is 0. The van der Waals surface area contributed by atoms with Gasteiger partial charge >= 0.3 is 0 Å². The molecular weight excluding hydrogens is 432 g/mol. The molecule has 35 heavy (non-hydrogen) atoms. The van der Waals surface area contributed by atoms with Gasteiger partial charge < -0.3 is 9.30 Å². The van der Waals surface area contributed by atoms with Gasteiger partial charge in [0.25, 0.3) is 5.56 Å². The van der Waals surface area contributed by atoms with E-state index in [0.717, 1.165) is 40.9 Å². The maximum Gasteiger partial charge on any atom is 0.293 e. The Labute approximate surface area is 211 Å². The third kappa shape index (κ3) is 7.30. The fourth-order valence-electron chi connectivity index (χ4n) is 4.12. The molecule has 0 fully saturated rings. The molecule has 3 rings (SSSR count). The van der Waals surface area contributed by atoms with Crippen molar-refractivity contribution in [2.75, 3.05) is 0 Å². The lowest BCUT2D eigenvalue weighted by Crippen LogP contribution is -2.27. The van der Waals surface area contributed by atoms with Crippen molar-refractivity contribution in [2.45, 2.75) is 86.8 Å². The summed E-state index contributed by atoms with van der Waals surface area (Å²) in [6, 6.07) is 16.2. The van der Waals surface area contributed by atoms with Crippen molar-refractivity contribution in [3.05, 3.63) is 81.9 Å². The van der Waals surface area contributed by atoms with E-state index in [9.17, 15) is 4.79 Å². The average Bonchev–Trinajstić information content (AvgIpc) is 2.77. The van der Waals surface area contributed by atoms with E-state index < -0.39 is 0 Å². The lowest BCUT2D eigenvalue weighted by atomic mass is 9.89. The molecule has 0 spiro atoms. The summed E-state index contributed by atoms with van der Waals surface area (Å²) in [4.78, 5) is 18.5. The number of hydrogen-bond acceptors (Lipinski definition) is 3. The van der Waals surface area contributed by atoms with Gasteiger partial charge in [-0.1, -0.05) is 85.7 Å². The fraction of sp³-hybridized carbons (Fsp3) is 0.484. The molecule has 2 heterocycles. The predicted molar refractivity (Wildman–Crippen MR) is 146 cm³/mol. The second-order valence-electron chi connectivity index (χ2n) is 12.2. The topological polar surface area (TPSA) is 44.1 Å². The highest BCUT2D eigenvalue weighted by Gasteiger charge is 2.22. The minimum absolute atomic E-state index is 0.0678. The highest BCUT2D eigenvalue weighted by atomic mass is 16.5. The van der Waals surface area contributed by atoms with E-state index in [1.54, 1.807) is 0 Å². The number of pyridine rings is 2. The van der Waals surface area contributed by atoms with Crippen molar-refractivity contribution >= 4 is 0 Å². The number of aromatic nitrogens is 2. The minimum atomic E-state index is -0.0799. The summed E-state index contributed by atoms with van der Waals surface area (Å²) in [6.07, 6.45) is 3.62. The first kappa shape index (κ1) is 26.7. The van der Waals surface area contributed by atoms with Crippen LogP contribution in [0.25, 0.3) is 11.3 Å². The van der Waals surface area contributed by atoms with E-state index in [1.807, 2.05) is 53.2 Å². The first-order chi connectivity index (χ1) is 16.3. The maximum atomic E-state index is 13.8. The Kier molecular flexibility index (Phi) is 8.25. The summed E-state index contributed by atoms with van der Waals surface area (Å²) in [7, 11) is 0. The monoisotopic (exact) mass is 474 g/mol. The molecule has 0 aliphatic carbocycles. The van der Waals surface area contributed by atoms with Gasteiger partial charge in [0.2, 0.25) is 0 Å². The highest BCUT2D eigenvalue weighted by molar-refractivity contribution is 5.65. The van der Waals surface area contributed by atoms with Crippen LogP contribution in [0, 0.1) is 11.3 Å². The first-order valence-electron chi connectivity index (χ1n) is 12.8. The number of benzene rings is 1. The molecule has 0 saturated heterocycles. The van der Waals surface area contributed by atoms with Crippen LogP contribution in [0.15, 0.2) is 59.5 Å². The van der Waals surface area contributed by atoms with E-state index in [1.165, 1.54) is 0 Å². The summed E-state index contributed by atoms with van der Waals surface area (Å²) in [5, 5.41) is 0. The number of ether oxygens (including phenoxy) is 1. The largest absolute Gasteiger partial charge is 0.483 e. The molecule has 0 N–H and O–H groups in total. The van der Waals surface area contributed by atoms with Crippen LogP contribution in [0.1, 0.15) is 78.6 Å². The molecule has 3 aromatic rings. The molecule has 0 saturated carbocycles. The Hall–Kier alpha value is -2.88. The van der Waals surface area contributed by atoms with Crippen LogP contribution in [0.3, 0.4) is 0 Å². The van der Waals surface area contributed by atoms with Gasteiger partial charge in [0, 0.05) is 29.4 Å². The molecule has 1 aromatic carbocycles. The zero-order chi connectivity index (χ0) is 25.8. The number of nitrogens with zero attached hydrogens (tertiary/aromatic N) is 2. The van der Waals surface area contributed by atoms with Crippen LogP contribution in [-0.4, -0.2) is 9.55 Å². The standard InChI is InChI=1S/C31H42N2O2/c1-22(2)18-25-19-26(35-21-23-12-10-9-11-13-23)29(34)33(17-15-30(3,4)5)28(25)24-14-16-32-27(20-24)31(6,7)8/h9-14,16,19-20,22H,15,17-18,21H2,1-8H3. The van der Waals surface area contributed by atoms with Gasteiger partial charge in [-0.3, -0.25) is 9.78 Å². The molecule has 0 amide bonds. The molecule has 4 heteroatoms. The van der Waals surface area contributed by atoms with E-state index in [0.29, 0.717) is 24.8 Å². The normalized spacial score (nSPS) is 12.3. The summed E-state index contributed by atoms with van der Waals surface area (Å²) in [5.41, 5.74) is 5.20. The molecule has 0 bridgehead atoms. The van der Waals surface area contributed by atoms with Gasteiger partial charge in [-0.2, -0.15) is 0 Å². The molecule has 4 nitrogen and oxygen atoms in total. The molecule has 0 radical (unpaired) electrons. The lowest BCUT2D eigenvalue weighted by molar-refractivity contribution is 0.295. The van der Waals surface area contributed by atoms with Gasteiger partial charge in [0.1, 0.15) is 6.61 Å². The first-order valence-corrected chi connectivity index (χ1v) is 12.8. The van der Waals surface area contributed by atoms with Gasteiger partial charge in [-0.15, -0.1) is 0 Å². The lowest BCUT2D eigenvalue weighted by Gasteiger charge is -2.25. The number of hydrogen-bond donors (Lipinski definition) is 0. The Morgan fingerprint density at radius 3 is 2.26 bits per heavy atom. The number of rotatable bonds is 8. The second kappa shape index (κ2) is 10.8. The summed E-state index contributed by atoms with van der Waals surface area (Å²) in [5.74, 6) is 0.862. The van der Waals surface area contributed by atoms with E-state index in [4.69, 9.17) is 4.74 Å².